The van der Waals surface area contributed by atoms with Crippen molar-refractivity contribution in [2.24, 2.45) is 29.6 Å². The molecule has 1 aliphatic heterocycles. The van der Waals surface area contributed by atoms with E-state index in [4.69, 9.17) is 14.0 Å². The highest BCUT2D eigenvalue weighted by Crippen LogP contribution is 2.53. The number of nitrogens with zero attached hydrogens (tertiary/aromatic N) is 2. The van der Waals surface area contributed by atoms with Gasteiger partial charge in [-0.3, -0.25) is 4.79 Å². The number of hydrogen-bond acceptors (Lipinski definition) is 7. The Morgan fingerprint density at radius 2 is 1.65 bits per heavy atom. The summed E-state index contributed by atoms with van der Waals surface area (Å²) in [5.74, 6) is 2.62. The predicted molar refractivity (Wildman–Crippen MR) is 110 cm³/mol. The van der Waals surface area contributed by atoms with Gasteiger partial charge in [-0.1, -0.05) is 0 Å². The van der Waals surface area contributed by atoms with Crippen molar-refractivity contribution in [3.8, 4) is 11.8 Å². The van der Waals surface area contributed by atoms with Gasteiger partial charge in [0, 0.05) is 25.0 Å². The first-order valence-corrected chi connectivity index (χ1v) is 12.7. The minimum absolute atomic E-state index is 0.0923. The Bertz CT molecular complexity index is 887. The summed E-state index contributed by atoms with van der Waals surface area (Å²) in [6.07, 6.45) is 7.42. The van der Waals surface area contributed by atoms with Crippen molar-refractivity contribution < 1.29 is 27.2 Å². The number of piperidine rings is 1. The van der Waals surface area contributed by atoms with Gasteiger partial charge in [0.2, 0.25) is 10.8 Å². The number of methoxy groups -OCH3 is 2. The van der Waals surface area contributed by atoms with E-state index in [1.54, 1.807) is 0 Å². The molecule has 10 heteroatoms. The fourth-order valence-corrected chi connectivity index (χ4v) is 8.28. The first-order valence-electron chi connectivity index (χ1n) is 11.3. The van der Waals surface area contributed by atoms with Crippen molar-refractivity contribution in [1.29, 1.82) is 0 Å². The SMILES string of the molecule is COc1noc(OC)c1S(=O)(=O)N1CCC(C(=O)NC2C3CC4CC(C3)CC2C4)CC1. The maximum Gasteiger partial charge on any atom is 0.335 e. The van der Waals surface area contributed by atoms with Gasteiger partial charge >= 0.3 is 5.95 Å². The first kappa shape index (κ1) is 21.1. The monoisotopic (exact) mass is 453 g/mol. The number of sulfonamides is 1. The van der Waals surface area contributed by atoms with Crippen LogP contribution in [0, 0.1) is 29.6 Å². The molecule has 6 rings (SSSR count). The van der Waals surface area contributed by atoms with E-state index >= 15 is 0 Å². The number of carbonyl (C=O) groups is 1. The molecule has 2 heterocycles. The lowest BCUT2D eigenvalue weighted by Gasteiger charge is -2.54. The van der Waals surface area contributed by atoms with E-state index in [0.717, 1.165) is 11.8 Å². The molecule has 1 aromatic rings. The topological polar surface area (TPSA) is 111 Å². The number of amides is 1. The van der Waals surface area contributed by atoms with Crippen LogP contribution >= 0.6 is 0 Å². The Balaban J connectivity index is 1.22. The lowest BCUT2D eigenvalue weighted by molar-refractivity contribution is -0.130. The van der Waals surface area contributed by atoms with Crippen LogP contribution in [-0.4, -0.2) is 57.1 Å². The lowest BCUT2D eigenvalue weighted by Crippen LogP contribution is -2.57. The van der Waals surface area contributed by atoms with Crippen molar-refractivity contribution in [2.75, 3.05) is 27.3 Å². The van der Waals surface area contributed by atoms with Gasteiger partial charge in [-0.2, -0.15) is 4.31 Å². The second-order valence-electron chi connectivity index (χ2n) is 9.66. The van der Waals surface area contributed by atoms with Crippen LogP contribution in [0.15, 0.2) is 9.42 Å². The van der Waals surface area contributed by atoms with Gasteiger partial charge in [-0.15, -0.1) is 0 Å². The third-order valence-electron chi connectivity index (χ3n) is 7.93. The van der Waals surface area contributed by atoms with E-state index < -0.39 is 10.0 Å². The zero-order chi connectivity index (χ0) is 21.8. The van der Waals surface area contributed by atoms with E-state index in [9.17, 15) is 13.2 Å². The van der Waals surface area contributed by atoms with Crippen LogP contribution in [0.5, 0.6) is 11.8 Å². The second-order valence-corrected chi connectivity index (χ2v) is 11.5. The average Bonchev–Trinajstić information content (AvgIpc) is 3.20. The minimum Gasteiger partial charge on any atom is -0.478 e. The third kappa shape index (κ3) is 3.61. The van der Waals surface area contributed by atoms with Gasteiger partial charge < -0.3 is 19.3 Å². The van der Waals surface area contributed by atoms with Crippen LogP contribution in [0.25, 0.3) is 0 Å². The summed E-state index contributed by atoms with van der Waals surface area (Å²) in [4.78, 5) is 12.8. The molecule has 0 spiro atoms. The van der Waals surface area contributed by atoms with E-state index in [2.05, 4.69) is 10.5 Å². The molecule has 0 atom stereocenters. The average molecular weight is 454 g/mol. The van der Waals surface area contributed by atoms with Crippen molar-refractivity contribution in [3.05, 3.63) is 0 Å². The van der Waals surface area contributed by atoms with Gasteiger partial charge in [-0.05, 0) is 73.8 Å². The van der Waals surface area contributed by atoms with Crippen LogP contribution in [-0.2, 0) is 14.8 Å². The van der Waals surface area contributed by atoms with Crippen LogP contribution in [0.1, 0.15) is 44.9 Å². The van der Waals surface area contributed by atoms with Crippen LogP contribution in [0.4, 0.5) is 0 Å². The highest BCUT2D eigenvalue weighted by Gasteiger charge is 2.49. The predicted octanol–water partition coefficient (Wildman–Crippen LogP) is 2.03. The van der Waals surface area contributed by atoms with E-state index in [1.165, 1.54) is 50.6 Å². The van der Waals surface area contributed by atoms with Crippen molar-refractivity contribution in [1.82, 2.24) is 14.8 Å². The normalized spacial score (nSPS) is 33.4. The highest BCUT2D eigenvalue weighted by atomic mass is 32.2. The Morgan fingerprint density at radius 3 is 2.19 bits per heavy atom. The molecule has 5 aliphatic rings. The molecular weight excluding hydrogens is 422 g/mol. The Hall–Kier alpha value is -1.81. The standard InChI is InChI=1S/C21H31N3O6S/c1-28-20-18(21(29-2)30-23-20)31(26,27)24-5-3-14(4-6-24)19(25)22-17-15-8-12-7-13(10-15)11-16(17)9-12/h12-17H,3-11H2,1-2H3,(H,22,25). The summed E-state index contributed by atoms with van der Waals surface area (Å²) < 4.78 is 42.6. The van der Waals surface area contributed by atoms with Crippen LogP contribution in [0.3, 0.4) is 0 Å². The number of carbonyl (C=O) groups excluding carboxylic acids is 1. The zero-order valence-corrected chi connectivity index (χ0v) is 18.9. The van der Waals surface area contributed by atoms with Gasteiger partial charge in [0.1, 0.15) is 0 Å². The maximum atomic E-state index is 13.1. The summed E-state index contributed by atoms with van der Waals surface area (Å²) in [5.41, 5.74) is 0. The smallest absolute Gasteiger partial charge is 0.335 e. The van der Waals surface area contributed by atoms with Crippen molar-refractivity contribution >= 4 is 15.9 Å². The quantitative estimate of drug-likeness (QED) is 0.702. The molecule has 0 radical (unpaired) electrons. The molecule has 5 fully saturated rings. The number of rotatable bonds is 6. The molecular formula is C21H31N3O6S. The van der Waals surface area contributed by atoms with Crippen molar-refractivity contribution in [2.45, 2.75) is 55.9 Å². The Kier molecular flexibility index (Phi) is 5.40. The fraction of sp³-hybridized carbons (Fsp3) is 0.810. The van der Waals surface area contributed by atoms with Crippen LogP contribution in [0.2, 0.25) is 0 Å². The summed E-state index contributed by atoms with van der Waals surface area (Å²) in [7, 11) is -1.25. The van der Waals surface area contributed by atoms with E-state index in [0.29, 0.717) is 30.7 Å². The zero-order valence-electron chi connectivity index (χ0n) is 18.1. The Morgan fingerprint density at radius 1 is 1.03 bits per heavy atom. The Labute approximate surface area is 182 Å². The molecule has 1 saturated heterocycles. The summed E-state index contributed by atoms with van der Waals surface area (Å²) in [5, 5.41) is 7.00. The molecule has 0 aromatic carbocycles. The molecule has 31 heavy (non-hydrogen) atoms. The van der Waals surface area contributed by atoms with Gasteiger partial charge in [0.25, 0.3) is 15.9 Å². The number of nitrogens with one attached hydrogen (secondary N) is 1. The first-order chi connectivity index (χ1) is 14.9. The van der Waals surface area contributed by atoms with E-state index in [-0.39, 0.29) is 41.6 Å². The lowest BCUT2D eigenvalue weighted by atomic mass is 9.54. The van der Waals surface area contributed by atoms with Crippen molar-refractivity contribution in [3.63, 3.8) is 0 Å². The summed E-state index contributed by atoms with van der Waals surface area (Å²) in [6.45, 7) is 0.527. The second kappa shape index (κ2) is 7.95. The van der Waals surface area contributed by atoms with Gasteiger partial charge in [-0.25, -0.2) is 8.42 Å². The molecule has 1 N–H and O–H groups in total. The molecule has 9 nitrogen and oxygen atoms in total. The summed E-state index contributed by atoms with van der Waals surface area (Å²) in [6, 6.07) is 0.313. The van der Waals surface area contributed by atoms with Gasteiger partial charge in [0.05, 0.1) is 14.2 Å². The molecule has 172 valence electrons. The molecule has 1 amide bonds. The number of ether oxygens (including phenoxy) is 2. The molecule has 4 aliphatic carbocycles. The van der Waals surface area contributed by atoms with Gasteiger partial charge in [0.15, 0.2) is 0 Å². The van der Waals surface area contributed by atoms with E-state index in [1.807, 2.05) is 0 Å². The van der Waals surface area contributed by atoms with Crippen LogP contribution < -0.4 is 14.8 Å². The minimum atomic E-state index is -3.90. The molecule has 4 saturated carbocycles. The maximum absolute atomic E-state index is 13.1. The summed E-state index contributed by atoms with van der Waals surface area (Å²) >= 11 is 0. The number of aromatic nitrogens is 1. The number of hydrogen-bond donors (Lipinski definition) is 1. The largest absolute Gasteiger partial charge is 0.478 e. The molecule has 1 aromatic heterocycles. The fourth-order valence-electron chi connectivity index (χ4n) is 6.66. The molecule has 0 unspecified atom stereocenters. The molecule has 4 bridgehead atoms. The third-order valence-corrected chi connectivity index (χ3v) is 9.83. The highest BCUT2D eigenvalue weighted by molar-refractivity contribution is 7.89.